The fraction of sp³-hybridized carbons (Fsp3) is 0.444. The lowest BCUT2D eigenvalue weighted by Gasteiger charge is -2.25. The molecule has 2 aromatic rings. The predicted octanol–water partition coefficient (Wildman–Crippen LogP) is 2.75. The molecule has 0 bridgehead atoms. The molecule has 0 spiro atoms. The van der Waals surface area contributed by atoms with E-state index in [0.29, 0.717) is 25.8 Å². The maximum Gasteiger partial charge on any atom is 0.161 e. The number of furan rings is 1. The van der Waals surface area contributed by atoms with Crippen molar-refractivity contribution >= 4 is 0 Å². The summed E-state index contributed by atoms with van der Waals surface area (Å²) in [5.74, 6) is 2.41. The van der Waals surface area contributed by atoms with Crippen molar-refractivity contribution in [2.24, 2.45) is 0 Å². The molecule has 1 aromatic heterocycles. The molecule has 1 aliphatic heterocycles. The molecule has 1 atom stereocenters. The van der Waals surface area contributed by atoms with E-state index in [0.717, 1.165) is 29.4 Å². The van der Waals surface area contributed by atoms with Gasteiger partial charge < -0.3 is 19.0 Å². The average Bonchev–Trinajstić information content (AvgIpc) is 3.31. The third kappa shape index (κ3) is 3.35. The highest BCUT2D eigenvalue weighted by Crippen LogP contribution is 2.34. The minimum Gasteiger partial charge on any atom is -0.486 e. The quantitative estimate of drug-likeness (QED) is 0.888. The van der Waals surface area contributed by atoms with Gasteiger partial charge in [0.1, 0.15) is 19.0 Å². The summed E-state index contributed by atoms with van der Waals surface area (Å²) in [7, 11) is 0. The minimum absolute atomic E-state index is 0.548. The standard InChI is InChI=1S/C18H21NO4/c20-16(13-3-6-17-18(10-13)23-9-8-22-17)12-19(14-4-5-14)11-15-2-1-7-21-15/h1-3,6-7,10,14,16,20H,4-5,8-9,11-12H2/t16-/m0/s1. The third-order valence-corrected chi connectivity index (χ3v) is 4.36. The van der Waals surface area contributed by atoms with Crippen molar-refractivity contribution in [3.05, 3.63) is 47.9 Å². The molecular weight excluding hydrogens is 294 g/mol. The van der Waals surface area contributed by atoms with Crippen LogP contribution in [0.15, 0.2) is 41.0 Å². The molecule has 0 saturated heterocycles. The smallest absolute Gasteiger partial charge is 0.161 e. The van der Waals surface area contributed by atoms with Crippen LogP contribution < -0.4 is 9.47 Å². The molecule has 2 heterocycles. The predicted molar refractivity (Wildman–Crippen MR) is 84.5 cm³/mol. The van der Waals surface area contributed by atoms with E-state index in [9.17, 15) is 5.11 Å². The van der Waals surface area contributed by atoms with Gasteiger partial charge in [-0.3, -0.25) is 4.90 Å². The van der Waals surface area contributed by atoms with Crippen molar-refractivity contribution in [3.63, 3.8) is 0 Å². The van der Waals surface area contributed by atoms with E-state index in [-0.39, 0.29) is 0 Å². The number of hydrogen-bond donors (Lipinski definition) is 1. The Hall–Kier alpha value is -1.98. The molecular formula is C18H21NO4. The lowest BCUT2D eigenvalue weighted by atomic mass is 10.1. The molecule has 23 heavy (non-hydrogen) atoms. The Bertz CT molecular complexity index is 651. The van der Waals surface area contributed by atoms with Crippen LogP contribution in [0.4, 0.5) is 0 Å². The number of ether oxygens (including phenoxy) is 2. The second-order valence-electron chi connectivity index (χ2n) is 6.16. The summed E-state index contributed by atoms with van der Waals surface area (Å²) in [6, 6.07) is 10.1. The van der Waals surface area contributed by atoms with Crippen molar-refractivity contribution in [2.45, 2.75) is 31.5 Å². The number of nitrogens with zero attached hydrogens (tertiary/aromatic N) is 1. The lowest BCUT2D eigenvalue weighted by molar-refractivity contribution is 0.0992. The van der Waals surface area contributed by atoms with Gasteiger partial charge in [0, 0.05) is 12.6 Å². The first-order chi connectivity index (χ1) is 11.3. The maximum atomic E-state index is 10.6. The minimum atomic E-state index is -0.554. The Labute approximate surface area is 135 Å². The molecule has 1 fully saturated rings. The van der Waals surface area contributed by atoms with Gasteiger partial charge in [0.15, 0.2) is 11.5 Å². The third-order valence-electron chi connectivity index (χ3n) is 4.36. The lowest BCUT2D eigenvalue weighted by Crippen LogP contribution is -2.30. The second kappa shape index (κ2) is 6.26. The van der Waals surface area contributed by atoms with Crippen LogP contribution in [0.1, 0.15) is 30.3 Å². The van der Waals surface area contributed by atoms with Crippen molar-refractivity contribution in [3.8, 4) is 11.5 Å². The fourth-order valence-corrected chi connectivity index (χ4v) is 2.98. The van der Waals surface area contributed by atoms with Crippen LogP contribution in [0.25, 0.3) is 0 Å². The highest BCUT2D eigenvalue weighted by atomic mass is 16.6. The van der Waals surface area contributed by atoms with E-state index < -0.39 is 6.10 Å². The van der Waals surface area contributed by atoms with Crippen LogP contribution >= 0.6 is 0 Å². The summed E-state index contributed by atoms with van der Waals surface area (Å²) in [5.41, 5.74) is 0.861. The summed E-state index contributed by atoms with van der Waals surface area (Å²) in [5, 5.41) is 10.6. The normalized spacial score (nSPS) is 18.2. The van der Waals surface area contributed by atoms with Gasteiger partial charge in [0.05, 0.1) is 18.9 Å². The van der Waals surface area contributed by atoms with Crippen LogP contribution in [0.5, 0.6) is 11.5 Å². The van der Waals surface area contributed by atoms with Gasteiger partial charge in [-0.15, -0.1) is 0 Å². The Kier molecular flexibility index (Phi) is 3.97. The van der Waals surface area contributed by atoms with E-state index in [1.807, 2.05) is 30.3 Å². The summed E-state index contributed by atoms with van der Waals surface area (Å²) >= 11 is 0. The number of hydrogen-bond acceptors (Lipinski definition) is 5. The van der Waals surface area contributed by atoms with Crippen LogP contribution in [0, 0.1) is 0 Å². The number of fused-ring (bicyclic) bond motifs is 1. The van der Waals surface area contributed by atoms with Crippen molar-refractivity contribution < 1.29 is 19.0 Å². The number of rotatable bonds is 6. The zero-order valence-corrected chi connectivity index (χ0v) is 13.0. The highest BCUT2D eigenvalue weighted by molar-refractivity contribution is 5.44. The summed E-state index contributed by atoms with van der Waals surface area (Å²) in [4.78, 5) is 2.29. The average molecular weight is 315 g/mol. The molecule has 2 aliphatic rings. The van der Waals surface area contributed by atoms with Crippen LogP contribution in [0.3, 0.4) is 0 Å². The first-order valence-corrected chi connectivity index (χ1v) is 8.13. The number of benzene rings is 1. The van der Waals surface area contributed by atoms with E-state index in [1.165, 1.54) is 12.8 Å². The van der Waals surface area contributed by atoms with E-state index in [4.69, 9.17) is 13.9 Å². The molecule has 1 aromatic carbocycles. The molecule has 122 valence electrons. The van der Waals surface area contributed by atoms with Crippen molar-refractivity contribution in [1.82, 2.24) is 4.90 Å². The molecule has 4 rings (SSSR count). The first kappa shape index (κ1) is 14.6. The molecule has 0 amide bonds. The number of aliphatic hydroxyl groups is 1. The van der Waals surface area contributed by atoms with Gasteiger partial charge in [-0.05, 0) is 42.7 Å². The van der Waals surface area contributed by atoms with Gasteiger partial charge in [-0.2, -0.15) is 0 Å². The zero-order chi connectivity index (χ0) is 15.6. The topological polar surface area (TPSA) is 55.1 Å². The SMILES string of the molecule is O[C@@H](CN(Cc1ccco1)C1CC1)c1ccc2c(c1)OCCO2. The summed E-state index contributed by atoms with van der Waals surface area (Å²) in [6.45, 7) is 2.46. The molecule has 5 nitrogen and oxygen atoms in total. The monoisotopic (exact) mass is 315 g/mol. The van der Waals surface area contributed by atoms with Crippen LogP contribution in [-0.4, -0.2) is 35.8 Å². The van der Waals surface area contributed by atoms with Crippen molar-refractivity contribution in [1.29, 1.82) is 0 Å². The van der Waals surface area contributed by atoms with E-state index >= 15 is 0 Å². The number of aliphatic hydroxyl groups excluding tert-OH is 1. The molecule has 0 unspecified atom stereocenters. The second-order valence-corrected chi connectivity index (χ2v) is 6.16. The molecule has 5 heteroatoms. The Morgan fingerprint density at radius 1 is 1.13 bits per heavy atom. The van der Waals surface area contributed by atoms with Gasteiger partial charge in [-0.1, -0.05) is 6.07 Å². The first-order valence-electron chi connectivity index (χ1n) is 8.13. The van der Waals surface area contributed by atoms with Crippen molar-refractivity contribution in [2.75, 3.05) is 19.8 Å². The summed E-state index contributed by atoms with van der Waals surface area (Å²) < 4.78 is 16.6. The van der Waals surface area contributed by atoms with Gasteiger partial charge in [-0.25, -0.2) is 0 Å². The van der Waals surface area contributed by atoms with Gasteiger partial charge in [0.25, 0.3) is 0 Å². The van der Waals surface area contributed by atoms with Crippen LogP contribution in [0.2, 0.25) is 0 Å². The largest absolute Gasteiger partial charge is 0.486 e. The molecule has 1 saturated carbocycles. The van der Waals surface area contributed by atoms with Gasteiger partial charge >= 0.3 is 0 Å². The fourth-order valence-electron chi connectivity index (χ4n) is 2.98. The van der Waals surface area contributed by atoms with E-state index in [1.54, 1.807) is 6.26 Å². The molecule has 0 radical (unpaired) electrons. The van der Waals surface area contributed by atoms with Gasteiger partial charge in [0.2, 0.25) is 0 Å². The maximum absolute atomic E-state index is 10.6. The Balaban J connectivity index is 1.46. The molecule has 1 aliphatic carbocycles. The Morgan fingerprint density at radius 3 is 2.70 bits per heavy atom. The van der Waals surface area contributed by atoms with E-state index in [2.05, 4.69) is 4.90 Å². The zero-order valence-electron chi connectivity index (χ0n) is 13.0. The van der Waals surface area contributed by atoms with Crippen LogP contribution in [-0.2, 0) is 6.54 Å². The summed E-state index contributed by atoms with van der Waals surface area (Å²) in [6.07, 6.45) is 3.52. The highest BCUT2D eigenvalue weighted by Gasteiger charge is 2.31. The molecule has 1 N–H and O–H groups in total. The Morgan fingerprint density at radius 2 is 1.96 bits per heavy atom.